The number of hydrogen-bond donors (Lipinski definition) is 0. The minimum atomic E-state index is -0.415. The van der Waals surface area contributed by atoms with Crippen LogP contribution in [0, 0.1) is 0 Å². The van der Waals surface area contributed by atoms with Crippen molar-refractivity contribution < 1.29 is 14.3 Å². The topological polar surface area (TPSA) is 35.5 Å². The lowest BCUT2D eigenvalue weighted by molar-refractivity contribution is -0.122. The number of hydrogen-bond acceptors (Lipinski definition) is 3. The van der Waals surface area contributed by atoms with Gasteiger partial charge in [-0.3, -0.25) is 4.79 Å². The highest BCUT2D eigenvalue weighted by Gasteiger charge is 2.08. The van der Waals surface area contributed by atoms with Crippen LogP contribution in [0.3, 0.4) is 0 Å². The minimum absolute atomic E-state index is 0.00724. The Hall–Kier alpha value is -1.51. The molecule has 0 saturated heterocycles. The molecule has 0 N–H and O–H groups in total. The van der Waals surface area contributed by atoms with Crippen molar-refractivity contribution >= 4 is 5.78 Å². The first kappa shape index (κ1) is 10.6. The van der Waals surface area contributed by atoms with Crippen molar-refractivity contribution in [1.82, 2.24) is 0 Å². The van der Waals surface area contributed by atoms with E-state index in [-0.39, 0.29) is 5.78 Å². The summed E-state index contributed by atoms with van der Waals surface area (Å²) < 4.78 is 10.4. The third-order valence-electron chi connectivity index (χ3n) is 1.93. The monoisotopic (exact) mass is 194 g/mol. The van der Waals surface area contributed by atoms with Gasteiger partial charge in [-0.1, -0.05) is 6.07 Å². The predicted molar refractivity (Wildman–Crippen MR) is 53.8 cm³/mol. The summed E-state index contributed by atoms with van der Waals surface area (Å²) in [6, 6.07) is 7.19. The summed E-state index contributed by atoms with van der Waals surface area (Å²) in [4.78, 5) is 10.9. The van der Waals surface area contributed by atoms with Gasteiger partial charge in [0.1, 0.15) is 11.5 Å². The summed E-state index contributed by atoms with van der Waals surface area (Å²) in [5.41, 5.74) is 0. The normalized spacial score (nSPS) is 11.9. The second-order valence-corrected chi connectivity index (χ2v) is 3.05. The first-order valence-electron chi connectivity index (χ1n) is 4.44. The summed E-state index contributed by atoms with van der Waals surface area (Å²) in [5, 5.41) is 0. The van der Waals surface area contributed by atoms with Crippen LogP contribution in [0.1, 0.15) is 13.8 Å². The third-order valence-corrected chi connectivity index (χ3v) is 1.93. The minimum Gasteiger partial charge on any atom is -0.497 e. The zero-order valence-corrected chi connectivity index (χ0v) is 8.61. The van der Waals surface area contributed by atoms with Gasteiger partial charge in [0.25, 0.3) is 0 Å². The molecule has 1 aromatic carbocycles. The van der Waals surface area contributed by atoms with E-state index >= 15 is 0 Å². The highest BCUT2D eigenvalue weighted by atomic mass is 16.5. The van der Waals surface area contributed by atoms with Crippen LogP contribution in [-0.4, -0.2) is 19.0 Å². The van der Waals surface area contributed by atoms with E-state index in [2.05, 4.69) is 0 Å². The molecule has 0 aliphatic rings. The molecule has 0 aliphatic heterocycles. The van der Waals surface area contributed by atoms with Gasteiger partial charge in [-0.25, -0.2) is 0 Å². The van der Waals surface area contributed by atoms with Crippen LogP contribution in [0.25, 0.3) is 0 Å². The summed E-state index contributed by atoms with van der Waals surface area (Å²) in [5.74, 6) is 1.37. The van der Waals surface area contributed by atoms with Crippen LogP contribution in [0.15, 0.2) is 24.3 Å². The number of carbonyl (C=O) groups excluding carboxylic acids is 1. The number of carbonyl (C=O) groups is 1. The van der Waals surface area contributed by atoms with E-state index < -0.39 is 6.10 Å². The third kappa shape index (κ3) is 2.76. The second kappa shape index (κ2) is 4.65. The van der Waals surface area contributed by atoms with Crippen molar-refractivity contribution in [3.63, 3.8) is 0 Å². The Bertz CT molecular complexity index is 320. The molecule has 0 fully saturated rings. The van der Waals surface area contributed by atoms with E-state index in [0.717, 1.165) is 5.75 Å². The Kier molecular flexibility index (Phi) is 3.51. The van der Waals surface area contributed by atoms with E-state index in [0.29, 0.717) is 5.75 Å². The molecule has 0 amide bonds. The molecule has 1 atom stereocenters. The van der Waals surface area contributed by atoms with Crippen LogP contribution in [0.4, 0.5) is 0 Å². The molecule has 0 aliphatic carbocycles. The summed E-state index contributed by atoms with van der Waals surface area (Å²) in [7, 11) is 1.59. The van der Waals surface area contributed by atoms with Crippen molar-refractivity contribution in [2.75, 3.05) is 7.11 Å². The van der Waals surface area contributed by atoms with E-state index in [1.165, 1.54) is 6.92 Å². The molecule has 0 bridgehead atoms. The standard InChI is InChI=1S/C11H14O3/c1-8(12)9(2)14-11-6-4-5-10(7-11)13-3/h4-7,9H,1-3H3/t9-/m1/s1. The van der Waals surface area contributed by atoms with Crippen LogP contribution in [0.5, 0.6) is 11.5 Å². The number of benzene rings is 1. The Morgan fingerprint density at radius 2 is 2.00 bits per heavy atom. The molecule has 0 aromatic heterocycles. The molecule has 1 rings (SSSR count). The summed E-state index contributed by atoms with van der Waals surface area (Å²) >= 11 is 0. The van der Waals surface area contributed by atoms with Gasteiger partial charge in [0.15, 0.2) is 11.9 Å². The van der Waals surface area contributed by atoms with E-state index in [4.69, 9.17) is 9.47 Å². The average molecular weight is 194 g/mol. The molecule has 14 heavy (non-hydrogen) atoms. The first-order chi connectivity index (χ1) is 6.63. The quantitative estimate of drug-likeness (QED) is 0.735. The number of ether oxygens (including phenoxy) is 2. The van der Waals surface area contributed by atoms with Gasteiger partial charge < -0.3 is 9.47 Å². The van der Waals surface area contributed by atoms with E-state index in [1.807, 2.05) is 12.1 Å². The number of methoxy groups -OCH3 is 1. The molecule has 76 valence electrons. The lowest BCUT2D eigenvalue weighted by Gasteiger charge is -2.11. The Morgan fingerprint density at radius 1 is 1.36 bits per heavy atom. The maximum absolute atomic E-state index is 10.9. The molecule has 3 nitrogen and oxygen atoms in total. The maximum Gasteiger partial charge on any atom is 0.169 e. The molecule has 0 heterocycles. The Labute approximate surface area is 83.6 Å². The zero-order valence-electron chi connectivity index (χ0n) is 8.61. The van der Waals surface area contributed by atoms with Crippen LogP contribution in [-0.2, 0) is 4.79 Å². The molecule has 0 radical (unpaired) electrons. The largest absolute Gasteiger partial charge is 0.497 e. The maximum atomic E-state index is 10.9. The number of rotatable bonds is 4. The fraction of sp³-hybridized carbons (Fsp3) is 0.364. The molecule has 3 heteroatoms. The van der Waals surface area contributed by atoms with Crippen molar-refractivity contribution in [2.24, 2.45) is 0 Å². The molecule has 1 aromatic rings. The second-order valence-electron chi connectivity index (χ2n) is 3.05. The van der Waals surface area contributed by atoms with Gasteiger partial charge in [0, 0.05) is 6.07 Å². The fourth-order valence-corrected chi connectivity index (χ4v) is 0.962. The molecular weight excluding hydrogens is 180 g/mol. The van der Waals surface area contributed by atoms with Crippen LogP contribution in [0.2, 0.25) is 0 Å². The first-order valence-corrected chi connectivity index (χ1v) is 4.44. The SMILES string of the molecule is COc1cccc(O[C@H](C)C(C)=O)c1. The van der Waals surface area contributed by atoms with Crippen molar-refractivity contribution in [3.05, 3.63) is 24.3 Å². The molecule has 0 unspecified atom stereocenters. The van der Waals surface area contributed by atoms with Crippen molar-refractivity contribution in [2.45, 2.75) is 20.0 Å². The predicted octanol–water partition coefficient (Wildman–Crippen LogP) is 2.05. The number of Topliss-reactive ketones (excluding diaryl/α,β-unsaturated/α-hetero) is 1. The van der Waals surface area contributed by atoms with Crippen molar-refractivity contribution in [3.8, 4) is 11.5 Å². The van der Waals surface area contributed by atoms with Crippen molar-refractivity contribution in [1.29, 1.82) is 0 Å². The van der Waals surface area contributed by atoms with Gasteiger partial charge in [0.05, 0.1) is 7.11 Å². The lowest BCUT2D eigenvalue weighted by atomic mass is 10.3. The highest BCUT2D eigenvalue weighted by molar-refractivity contribution is 5.80. The zero-order chi connectivity index (χ0) is 10.6. The van der Waals surface area contributed by atoms with E-state index in [9.17, 15) is 4.79 Å². The number of ketones is 1. The smallest absolute Gasteiger partial charge is 0.169 e. The van der Waals surface area contributed by atoms with Crippen LogP contribution < -0.4 is 9.47 Å². The molecular formula is C11H14O3. The van der Waals surface area contributed by atoms with Gasteiger partial charge in [-0.2, -0.15) is 0 Å². The van der Waals surface area contributed by atoms with E-state index in [1.54, 1.807) is 26.2 Å². The average Bonchev–Trinajstić information content (AvgIpc) is 2.18. The Balaban J connectivity index is 2.71. The van der Waals surface area contributed by atoms with Gasteiger partial charge in [-0.05, 0) is 26.0 Å². The fourth-order valence-electron chi connectivity index (χ4n) is 0.962. The molecule has 0 spiro atoms. The summed E-state index contributed by atoms with van der Waals surface area (Å²) in [6.45, 7) is 3.23. The van der Waals surface area contributed by atoms with Gasteiger partial charge >= 0.3 is 0 Å². The highest BCUT2D eigenvalue weighted by Crippen LogP contribution is 2.19. The van der Waals surface area contributed by atoms with Crippen LogP contribution >= 0.6 is 0 Å². The lowest BCUT2D eigenvalue weighted by Crippen LogP contribution is -2.20. The molecule has 0 saturated carbocycles. The summed E-state index contributed by atoms with van der Waals surface area (Å²) in [6.07, 6.45) is -0.415. The Morgan fingerprint density at radius 3 is 2.57 bits per heavy atom. The van der Waals surface area contributed by atoms with Gasteiger partial charge in [0.2, 0.25) is 0 Å². The van der Waals surface area contributed by atoms with Gasteiger partial charge in [-0.15, -0.1) is 0 Å².